The number of carbonyl (C=O) groups excluding carboxylic acids is 1. The zero-order valence-electron chi connectivity index (χ0n) is 16.8. The molecule has 0 aromatic carbocycles. The third-order valence-electron chi connectivity index (χ3n) is 9.12. The summed E-state index contributed by atoms with van der Waals surface area (Å²) in [4.78, 5) is 14.0. The number of hydrogen-bond acceptors (Lipinski definition) is 1. The molecule has 6 atom stereocenters. The molecule has 1 amide bonds. The fraction of sp³-hybridized carbons (Fsp3) is 0.870. The monoisotopic (exact) mass is 343 g/mol. The van der Waals surface area contributed by atoms with Gasteiger partial charge in [0, 0.05) is 19.2 Å². The van der Waals surface area contributed by atoms with Crippen LogP contribution in [0.3, 0.4) is 0 Å². The number of rotatable bonds is 2. The molecule has 0 aliphatic heterocycles. The summed E-state index contributed by atoms with van der Waals surface area (Å²) in [5, 5.41) is 0. The fourth-order valence-corrected chi connectivity index (χ4v) is 7.70. The summed E-state index contributed by atoms with van der Waals surface area (Å²) in [7, 11) is 0. The van der Waals surface area contributed by atoms with E-state index in [-0.39, 0.29) is 5.91 Å². The second-order valence-electron chi connectivity index (χ2n) is 10.1. The fourth-order valence-electron chi connectivity index (χ4n) is 7.70. The Kier molecular flexibility index (Phi) is 4.32. The minimum Gasteiger partial charge on any atom is -0.317 e. The SMILES string of the molecule is CCN(C(C)=O)C1=CC[C@@]2(C)C(CC[C@H]3[C@@H]4CCC[C@@]4(C)CC[C@@H]32)C1. The van der Waals surface area contributed by atoms with Gasteiger partial charge in [-0.3, -0.25) is 4.79 Å². The van der Waals surface area contributed by atoms with Gasteiger partial charge in [-0.1, -0.05) is 26.3 Å². The number of allylic oxidation sites excluding steroid dienone is 2. The van der Waals surface area contributed by atoms with Crippen molar-refractivity contribution in [3.63, 3.8) is 0 Å². The van der Waals surface area contributed by atoms with Crippen molar-refractivity contribution >= 4 is 5.91 Å². The van der Waals surface area contributed by atoms with E-state index >= 15 is 0 Å². The van der Waals surface area contributed by atoms with Crippen LogP contribution in [0.4, 0.5) is 0 Å². The smallest absolute Gasteiger partial charge is 0.223 e. The lowest BCUT2D eigenvalue weighted by atomic mass is 9.46. The quantitative estimate of drug-likeness (QED) is 0.622. The highest BCUT2D eigenvalue weighted by atomic mass is 16.2. The second-order valence-corrected chi connectivity index (χ2v) is 10.1. The summed E-state index contributed by atoms with van der Waals surface area (Å²) in [5.41, 5.74) is 2.46. The summed E-state index contributed by atoms with van der Waals surface area (Å²) in [6, 6.07) is 0. The Morgan fingerprint density at radius 1 is 1.16 bits per heavy atom. The normalized spacial score (nSPS) is 45.8. The maximum absolute atomic E-state index is 12.0. The van der Waals surface area contributed by atoms with Gasteiger partial charge in [-0.25, -0.2) is 0 Å². The van der Waals surface area contributed by atoms with E-state index in [0.29, 0.717) is 10.8 Å². The van der Waals surface area contributed by atoms with Crippen molar-refractivity contribution in [3.8, 4) is 0 Å². The Labute approximate surface area is 154 Å². The van der Waals surface area contributed by atoms with E-state index in [1.165, 1.54) is 57.1 Å². The molecule has 3 fully saturated rings. The zero-order valence-corrected chi connectivity index (χ0v) is 16.8. The third kappa shape index (κ3) is 2.61. The largest absolute Gasteiger partial charge is 0.317 e. The first-order valence-corrected chi connectivity index (χ1v) is 10.9. The average Bonchev–Trinajstić information content (AvgIpc) is 2.97. The van der Waals surface area contributed by atoms with Gasteiger partial charge in [0.2, 0.25) is 5.91 Å². The highest BCUT2D eigenvalue weighted by Crippen LogP contribution is 2.66. The molecule has 0 heterocycles. The highest BCUT2D eigenvalue weighted by molar-refractivity contribution is 5.75. The predicted octanol–water partition coefficient (Wildman–Crippen LogP) is 5.78. The Hall–Kier alpha value is -0.790. The molecule has 4 rings (SSSR count). The average molecular weight is 344 g/mol. The molecule has 0 aromatic rings. The van der Waals surface area contributed by atoms with Crippen molar-refractivity contribution in [2.75, 3.05) is 6.54 Å². The van der Waals surface area contributed by atoms with Crippen molar-refractivity contribution in [2.24, 2.45) is 34.5 Å². The molecule has 0 N–H and O–H groups in total. The Bertz CT molecular complexity index is 581. The molecule has 2 heteroatoms. The van der Waals surface area contributed by atoms with Crippen molar-refractivity contribution in [1.29, 1.82) is 0 Å². The van der Waals surface area contributed by atoms with Crippen LogP contribution in [-0.2, 0) is 4.79 Å². The van der Waals surface area contributed by atoms with Gasteiger partial charge < -0.3 is 4.90 Å². The first kappa shape index (κ1) is 17.6. The first-order valence-electron chi connectivity index (χ1n) is 10.9. The Morgan fingerprint density at radius 2 is 1.96 bits per heavy atom. The topological polar surface area (TPSA) is 20.3 Å². The molecule has 0 radical (unpaired) electrons. The molecule has 2 nitrogen and oxygen atoms in total. The van der Waals surface area contributed by atoms with Crippen LogP contribution in [0.5, 0.6) is 0 Å². The lowest BCUT2D eigenvalue weighted by molar-refractivity contribution is -0.128. The Balaban J connectivity index is 1.59. The number of hydrogen-bond donors (Lipinski definition) is 0. The minimum absolute atomic E-state index is 0.213. The Morgan fingerprint density at radius 3 is 2.68 bits per heavy atom. The van der Waals surface area contributed by atoms with E-state index in [0.717, 1.165) is 36.6 Å². The predicted molar refractivity (Wildman–Crippen MR) is 103 cm³/mol. The molecule has 3 saturated carbocycles. The van der Waals surface area contributed by atoms with Crippen LogP contribution in [0.25, 0.3) is 0 Å². The molecule has 1 unspecified atom stereocenters. The molecule has 25 heavy (non-hydrogen) atoms. The molecule has 0 bridgehead atoms. The van der Waals surface area contributed by atoms with Crippen LogP contribution < -0.4 is 0 Å². The lowest BCUT2D eigenvalue weighted by Crippen LogP contribution is -2.52. The van der Waals surface area contributed by atoms with Gasteiger partial charge in [-0.05, 0) is 92.8 Å². The van der Waals surface area contributed by atoms with Gasteiger partial charge in [-0.2, -0.15) is 0 Å². The zero-order chi connectivity index (χ0) is 17.8. The van der Waals surface area contributed by atoms with E-state index in [1.807, 2.05) is 4.90 Å². The van der Waals surface area contributed by atoms with E-state index in [2.05, 4.69) is 26.8 Å². The van der Waals surface area contributed by atoms with Crippen LogP contribution in [0.15, 0.2) is 11.8 Å². The van der Waals surface area contributed by atoms with Crippen LogP contribution >= 0.6 is 0 Å². The number of nitrogens with zero attached hydrogens (tertiary/aromatic N) is 1. The van der Waals surface area contributed by atoms with Crippen LogP contribution in [0.1, 0.15) is 85.5 Å². The molecular weight excluding hydrogens is 306 g/mol. The van der Waals surface area contributed by atoms with Gasteiger partial charge >= 0.3 is 0 Å². The lowest BCUT2D eigenvalue weighted by Gasteiger charge is -2.59. The van der Waals surface area contributed by atoms with Crippen molar-refractivity contribution < 1.29 is 4.79 Å². The van der Waals surface area contributed by atoms with Crippen molar-refractivity contribution in [3.05, 3.63) is 11.8 Å². The second kappa shape index (κ2) is 6.13. The van der Waals surface area contributed by atoms with E-state index in [9.17, 15) is 4.79 Å². The minimum atomic E-state index is 0.213. The molecule has 4 aliphatic carbocycles. The molecule has 0 aromatic heterocycles. The number of carbonyl (C=O) groups is 1. The van der Waals surface area contributed by atoms with E-state index in [4.69, 9.17) is 0 Å². The summed E-state index contributed by atoms with van der Waals surface area (Å²) in [5.74, 6) is 3.90. The van der Waals surface area contributed by atoms with Crippen LogP contribution in [0.2, 0.25) is 0 Å². The van der Waals surface area contributed by atoms with E-state index < -0.39 is 0 Å². The molecule has 0 spiro atoms. The molecule has 0 saturated heterocycles. The van der Waals surface area contributed by atoms with Gasteiger partial charge in [0.1, 0.15) is 0 Å². The van der Waals surface area contributed by atoms with Crippen molar-refractivity contribution in [2.45, 2.75) is 85.5 Å². The van der Waals surface area contributed by atoms with Crippen molar-refractivity contribution in [1.82, 2.24) is 4.90 Å². The standard InChI is InChI=1S/C23H37NO/c1-5-24(16(2)25)18-10-14-23(4)17(15-18)8-9-19-20-7-6-12-22(20,3)13-11-21(19)23/h10,17,19-21H,5-9,11-15H2,1-4H3/t17?,19-,20-,21-,22-,23-/m0/s1. The maximum Gasteiger partial charge on any atom is 0.223 e. The third-order valence-corrected chi connectivity index (χ3v) is 9.12. The maximum atomic E-state index is 12.0. The molecular formula is C23H37NO. The summed E-state index contributed by atoms with van der Waals surface area (Å²) in [6.07, 6.45) is 15.0. The van der Waals surface area contributed by atoms with Crippen LogP contribution in [0, 0.1) is 34.5 Å². The summed E-state index contributed by atoms with van der Waals surface area (Å²) >= 11 is 0. The number of amides is 1. The molecule has 140 valence electrons. The van der Waals surface area contributed by atoms with Gasteiger partial charge in [0.05, 0.1) is 0 Å². The molecule has 4 aliphatic rings. The van der Waals surface area contributed by atoms with Gasteiger partial charge in [0.15, 0.2) is 0 Å². The van der Waals surface area contributed by atoms with Gasteiger partial charge in [-0.15, -0.1) is 0 Å². The van der Waals surface area contributed by atoms with Gasteiger partial charge in [0.25, 0.3) is 0 Å². The summed E-state index contributed by atoms with van der Waals surface area (Å²) < 4.78 is 0. The number of fused-ring (bicyclic) bond motifs is 5. The summed E-state index contributed by atoms with van der Waals surface area (Å²) in [6.45, 7) is 9.84. The highest BCUT2D eigenvalue weighted by Gasteiger charge is 2.57. The van der Waals surface area contributed by atoms with Crippen LogP contribution in [-0.4, -0.2) is 17.4 Å². The van der Waals surface area contributed by atoms with E-state index in [1.54, 1.807) is 6.92 Å². The first-order chi connectivity index (χ1) is 11.9.